The van der Waals surface area contributed by atoms with Crippen molar-refractivity contribution in [1.29, 1.82) is 0 Å². The summed E-state index contributed by atoms with van der Waals surface area (Å²) < 4.78 is 1.88. The third-order valence-corrected chi connectivity index (χ3v) is 5.89. The number of amides is 1. The normalized spacial score (nSPS) is 18.2. The van der Waals surface area contributed by atoms with Crippen molar-refractivity contribution in [2.45, 2.75) is 26.3 Å². The van der Waals surface area contributed by atoms with Crippen LogP contribution in [0.4, 0.5) is 0 Å². The average molecular weight is 433 g/mol. The van der Waals surface area contributed by atoms with Gasteiger partial charge in [0.15, 0.2) is 0 Å². The molecule has 1 aromatic carbocycles. The predicted molar refractivity (Wildman–Crippen MR) is 120 cm³/mol. The summed E-state index contributed by atoms with van der Waals surface area (Å²) in [5.74, 6) is 0.842. The van der Waals surface area contributed by atoms with Gasteiger partial charge in [0.2, 0.25) is 5.91 Å². The lowest BCUT2D eigenvalue weighted by Gasteiger charge is -2.37. The van der Waals surface area contributed by atoms with Crippen molar-refractivity contribution >= 4 is 35.3 Å². The van der Waals surface area contributed by atoms with Gasteiger partial charge in [0.1, 0.15) is 5.82 Å². The number of allylic oxidation sites excluding steroid dienone is 2. The molecule has 1 unspecified atom stereocenters. The van der Waals surface area contributed by atoms with E-state index in [0.717, 1.165) is 42.4 Å². The molecule has 2 heterocycles. The molecule has 0 saturated carbocycles. The van der Waals surface area contributed by atoms with Crippen LogP contribution in [0.25, 0.3) is 17.5 Å². The van der Waals surface area contributed by atoms with E-state index in [1.165, 1.54) is 0 Å². The van der Waals surface area contributed by atoms with E-state index in [1.807, 2.05) is 40.7 Å². The Morgan fingerprint density at radius 1 is 1.31 bits per heavy atom. The van der Waals surface area contributed by atoms with E-state index in [4.69, 9.17) is 28.2 Å². The first kappa shape index (κ1) is 21.6. The summed E-state index contributed by atoms with van der Waals surface area (Å²) in [7, 11) is 2.09. The van der Waals surface area contributed by atoms with E-state index in [-0.39, 0.29) is 12.3 Å². The zero-order valence-electron chi connectivity index (χ0n) is 17.0. The van der Waals surface area contributed by atoms with Gasteiger partial charge in [-0.3, -0.25) is 4.79 Å². The van der Waals surface area contributed by atoms with Crippen LogP contribution in [-0.2, 0) is 11.2 Å². The number of rotatable bonds is 5. The monoisotopic (exact) mass is 432 g/mol. The fourth-order valence-electron chi connectivity index (χ4n) is 3.47. The van der Waals surface area contributed by atoms with Gasteiger partial charge in [-0.05, 0) is 39.1 Å². The van der Waals surface area contributed by atoms with Crippen LogP contribution in [0.15, 0.2) is 42.0 Å². The number of piperazine rings is 1. The molecule has 7 heteroatoms. The quantitative estimate of drug-likeness (QED) is 0.655. The predicted octanol–water partition coefficient (Wildman–Crippen LogP) is 4.44. The summed E-state index contributed by atoms with van der Waals surface area (Å²) in [5, 5.41) is 1.14. The molecule has 0 bridgehead atoms. The average Bonchev–Trinajstić information content (AvgIpc) is 3.00. The van der Waals surface area contributed by atoms with Gasteiger partial charge >= 0.3 is 0 Å². The summed E-state index contributed by atoms with van der Waals surface area (Å²) >= 11 is 12.3. The van der Waals surface area contributed by atoms with E-state index in [9.17, 15) is 4.79 Å². The standard InChI is InChI=1S/C22H26Cl2N4O/c1-5-18(23)14-28-16(3)25-22(17-6-8-19(24)9-7-17)20(28)12-21(29)27-11-10-26(4)15(2)13-27/h5-9,14-15H,1,10-13H2,2-4H3/b18-14+. The lowest BCUT2D eigenvalue weighted by molar-refractivity contribution is -0.133. The fourth-order valence-corrected chi connectivity index (χ4v) is 3.70. The minimum Gasteiger partial charge on any atom is -0.340 e. The molecule has 1 aromatic heterocycles. The van der Waals surface area contributed by atoms with Crippen LogP contribution >= 0.6 is 23.2 Å². The maximum absolute atomic E-state index is 13.1. The van der Waals surface area contributed by atoms with Crippen LogP contribution in [0, 0.1) is 6.92 Å². The molecule has 0 aliphatic carbocycles. The van der Waals surface area contributed by atoms with Crippen molar-refractivity contribution in [3.8, 4) is 11.3 Å². The van der Waals surface area contributed by atoms with Gasteiger partial charge < -0.3 is 14.4 Å². The Morgan fingerprint density at radius 2 is 2.00 bits per heavy atom. The maximum Gasteiger partial charge on any atom is 0.228 e. The largest absolute Gasteiger partial charge is 0.340 e. The highest BCUT2D eigenvalue weighted by Gasteiger charge is 2.26. The molecule has 2 aromatic rings. The number of aromatic nitrogens is 2. The number of halogens is 2. The highest BCUT2D eigenvalue weighted by Crippen LogP contribution is 2.28. The number of carbonyl (C=O) groups is 1. The van der Waals surface area contributed by atoms with Crippen LogP contribution in [0.2, 0.25) is 5.02 Å². The van der Waals surface area contributed by atoms with Gasteiger partial charge in [0.05, 0.1) is 22.8 Å². The van der Waals surface area contributed by atoms with Crippen LogP contribution in [0.1, 0.15) is 18.4 Å². The zero-order chi connectivity index (χ0) is 21.1. The first-order valence-electron chi connectivity index (χ1n) is 9.61. The van der Waals surface area contributed by atoms with Crippen molar-refractivity contribution in [2.24, 2.45) is 0 Å². The Kier molecular flexibility index (Phi) is 6.83. The molecule has 154 valence electrons. The third-order valence-electron chi connectivity index (χ3n) is 5.38. The maximum atomic E-state index is 13.1. The summed E-state index contributed by atoms with van der Waals surface area (Å²) in [4.78, 5) is 22.1. The number of carbonyl (C=O) groups excluding carboxylic acids is 1. The number of aryl methyl sites for hydroxylation is 1. The number of imidazole rings is 1. The molecule has 5 nitrogen and oxygen atoms in total. The highest BCUT2D eigenvalue weighted by molar-refractivity contribution is 6.32. The van der Waals surface area contributed by atoms with E-state index in [0.29, 0.717) is 16.1 Å². The lowest BCUT2D eigenvalue weighted by Crippen LogP contribution is -2.52. The SMILES string of the molecule is C=C/C(Cl)=C\n1c(C)nc(-c2ccc(Cl)cc2)c1CC(=O)N1CCN(C)C(C)C1. The molecule has 0 radical (unpaired) electrons. The van der Waals surface area contributed by atoms with Gasteiger partial charge in [0.25, 0.3) is 0 Å². The third kappa shape index (κ3) is 4.92. The van der Waals surface area contributed by atoms with Crippen molar-refractivity contribution in [3.05, 3.63) is 58.5 Å². The van der Waals surface area contributed by atoms with E-state index < -0.39 is 0 Å². The summed E-state index contributed by atoms with van der Waals surface area (Å²) in [6, 6.07) is 7.82. The first-order chi connectivity index (χ1) is 13.8. The molecular formula is C22H26Cl2N4O. The van der Waals surface area contributed by atoms with Crippen molar-refractivity contribution in [3.63, 3.8) is 0 Å². The number of hydrogen-bond acceptors (Lipinski definition) is 3. The highest BCUT2D eigenvalue weighted by atomic mass is 35.5. The van der Waals surface area contributed by atoms with E-state index in [1.54, 1.807) is 12.3 Å². The molecule has 1 atom stereocenters. The molecule has 1 saturated heterocycles. The summed E-state index contributed by atoms with van der Waals surface area (Å²) in [6.45, 7) is 10.1. The number of benzene rings is 1. The minimum atomic E-state index is 0.0874. The molecule has 1 amide bonds. The molecule has 1 aliphatic heterocycles. The molecule has 1 aliphatic rings. The number of nitrogens with zero attached hydrogens (tertiary/aromatic N) is 4. The second-order valence-corrected chi connectivity index (χ2v) is 8.27. The first-order valence-corrected chi connectivity index (χ1v) is 10.4. The zero-order valence-corrected chi connectivity index (χ0v) is 18.5. The fraction of sp³-hybridized carbons (Fsp3) is 0.364. The molecule has 0 spiro atoms. The molecule has 1 fully saturated rings. The Labute approximate surface area is 182 Å². The minimum absolute atomic E-state index is 0.0874. The molecular weight excluding hydrogens is 407 g/mol. The van der Waals surface area contributed by atoms with Gasteiger partial charge in [0, 0.05) is 42.5 Å². The van der Waals surface area contributed by atoms with Gasteiger partial charge in [-0.1, -0.05) is 41.9 Å². The Bertz CT molecular complexity index is 933. The number of likely N-dealkylation sites (N-methyl/N-ethyl adjacent to an activating group) is 1. The smallest absolute Gasteiger partial charge is 0.228 e. The van der Waals surface area contributed by atoms with Crippen molar-refractivity contribution < 1.29 is 4.79 Å². The van der Waals surface area contributed by atoms with Crippen molar-refractivity contribution in [1.82, 2.24) is 19.4 Å². The summed E-state index contributed by atoms with van der Waals surface area (Å²) in [5.41, 5.74) is 2.48. The summed E-state index contributed by atoms with van der Waals surface area (Å²) in [6.07, 6.45) is 3.56. The Morgan fingerprint density at radius 3 is 2.62 bits per heavy atom. The second kappa shape index (κ2) is 9.16. The number of hydrogen-bond donors (Lipinski definition) is 0. The molecule has 3 rings (SSSR count). The van der Waals surface area contributed by atoms with Crippen LogP contribution in [0.5, 0.6) is 0 Å². The van der Waals surface area contributed by atoms with Gasteiger partial charge in [-0.2, -0.15) is 0 Å². The van der Waals surface area contributed by atoms with E-state index >= 15 is 0 Å². The van der Waals surface area contributed by atoms with Crippen LogP contribution in [0.3, 0.4) is 0 Å². The van der Waals surface area contributed by atoms with Crippen LogP contribution in [-0.4, -0.2) is 58.0 Å². The second-order valence-electron chi connectivity index (χ2n) is 7.40. The van der Waals surface area contributed by atoms with Crippen LogP contribution < -0.4 is 0 Å². The Balaban J connectivity index is 1.99. The molecule has 0 N–H and O–H groups in total. The topological polar surface area (TPSA) is 41.4 Å². The van der Waals surface area contributed by atoms with Crippen molar-refractivity contribution in [2.75, 3.05) is 26.7 Å². The van der Waals surface area contributed by atoms with E-state index in [2.05, 4.69) is 25.5 Å². The Hall–Kier alpha value is -2.08. The lowest BCUT2D eigenvalue weighted by atomic mass is 10.1. The van der Waals surface area contributed by atoms with Gasteiger partial charge in [-0.25, -0.2) is 4.98 Å². The molecule has 29 heavy (non-hydrogen) atoms. The van der Waals surface area contributed by atoms with Gasteiger partial charge in [-0.15, -0.1) is 0 Å².